The van der Waals surface area contributed by atoms with Crippen molar-refractivity contribution in [2.75, 3.05) is 13.2 Å². The predicted octanol–water partition coefficient (Wildman–Crippen LogP) is 3.94. The number of aliphatic hydroxyl groups is 1. The molecule has 0 radical (unpaired) electrons. The van der Waals surface area contributed by atoms with Crippen molar-refractivity contribution in [3.8, 4) is 0 Å². The highest BCUT2D eigenvalue weighted by Crippen LogP contribution is 2.39. The molecule has 3 atom stereocenters. The molecule has 0 aromatic heterocycles. The number of aliphatic hydroxyl groups excluding tert-OH is 1. The second kappa shape index (κ2) is 7.30. The van der Waals surface area contributed by atoms with Crippen molar-refractivity contribution in [2.45, 2.75) is 90.5 Å². The summed E-state index contributed by atoms with van der Waals surface area (Å²) < 4.78 is 18.6. The largest absolute Gasteiger partial charge is 0.411 e. The normalized spacial score (nSPS) is 28.2. The van der Waals surface area contributed by atoms with Crippen molar-refractivity contribution in [1.82, 2.24) is 0 Å². The van der Waals surface area contributed by atoms with E-state index in [1.54, 1.807) is 0 Å². The van der Waals surface area contributed by atoms with Crippen LogP contribution in [0.2, 0.25) is 18.1 Å². The Morgan fingerprint density at radius 1 is 1.32 bits per heavy atom. The van der Waals surface area contributed by atoms with Gasteiger partial charge >= 0.3 is 0 Å². The molecule has 0 saturated carbocycles. The van der Waals surface area contributed by atoms with Crippen molar-refractivity contribution >= 4 is 8.32 Å². The molecule has 0 aromatic rings. The molecular weight excluding hydrogens is 296 g/mol. The van der Waals surface area contributed by atoms with E-state index in [-0.39, 0.29) is 23.9 Å². The molecule has 0 unspecified atom stereocenters. The molecule has 1 heterocycles. The van der Waals surface area contributed by atoms with E-state index in [9.17, 15) is 5.11 Å². The van der Waals surface area contributed by atoms with E-state index in [4.69, 9.17) is 13.9 Å². The molecular formula is C17H36O4Si. The molecule has 22 heavy (non-hydrogen) atoms. The summed E-state index contributed by atoms with van der Waals surface area (Å²) in [5, 5.41) is 9.62. The Morgan fingerprint density at radius 3 is 2.41 bits per heavy atom. The molecule has 0 aliphatic carbocycles. The summed E-state index contributed by atoms with van der Waals surface area (Å²) in [6.45, 7) is 18.1. The molecule has 1 saturated heterocycles. The maximum absolute atomic E-state index is 9.48. The van der Waals surface area contributed by atoms with Gasteiger partial charge in [-0.05, 0) is 50.7 Å². The van der Waals surface area contributed by atoms with Crippen LogP contribution in [-0.2, 0) is 13.9 Å². The van der Waals surface area contributed by atoms with Gasteiger partial charge in [0.05, 0.1) is 18.8 Å². The van der Waals surface area contributed by atoms with Crippen molar-refractivity contribution in [1.29, 1.82) is 0 Å². The second-order valence-corrected chi connectivity index (χ2v) is 13.4. The Bertz CT molecular complexity index is 349. The van der Waals surface area contributed by atoms with Gasteiger partial charge in [-0.3, -0.25) is 0 Å². The van der Waals surface area contributed by atoms with Crippen LogP contribution in [-0.4, -0.2) is 44.6 Å². The Kier molecular flexibility index (Phi) is 6.67. The first-order chi connectivity index (χ1) is 9.88. The monoisotopic (exact) mass is 332 g/mol. The lowest BCUT2D eigenvalue weighted by Crippen LogP contribution is -2.49. The quantitative estimate of drug-likeness (QED) is 0.775. The van der Waals surface area contributed by atoms with E-state index in [0.717, 1.165) is 6.42 Å². The van der Waals surface area contributed by atoms with Crippen LogP contribution >= 0.6 is 0 Å². The molecule has 0 amide bonds. The van der Waals surface area contributed by atoms with Gasteiger partial charge in [0, 0.05) is 6.61 Å². The van der Waals surface area contributed by atoms with Crippen LogP contribution in [0.3, 0.4) is 0 Å². The van der Waals surface area contributed by atoms with E-state index < -0.39 is 14.1 Å². The van der Waals surface area contributed by atoms with Crippen LogP contribution in [0.5, 0.6) is 0 Å². The number of ether oxygens (including phenoxy) is 2. The first-order valence-corrected chi connectivity index (χ1v) is 11.4. The zero-order valence-corrected chi connectivity index (χ0v) is 16.7. The van der Waals surface area contributed by atoms with Crippen molar-refractivity contribution in [3.63, 3.8) is 0 Å². The SMILES string of the molecule is C[C@H]1COC(C)(C)O[C@H]([C@H](CCO)O[Si](C)(C)C(C)(C)C)C1. The fourth-order valence-corrected chi connectivity index (χ4v) is 3.87. The fraction of sp³-hybridized carbons (Fsp3) is 1.00. The summed E-state index contributed by atoms with van der Waals surface area (Å²) in [4.78, 5) is 0. The van der Waals surface area contributed by atoms with E-state index in [0.29, 0.717) is 18.9 Å². The van der Waals surface area contributed by atoms with Gasteiger partial charge in [-0.1, -0.05) is 27.7 Å². The minimum Gasteiger partial charge on any atom is -0.411 e. The average molecular weight is 333 g/mol. The maximum Gasteiger partial charge on any atom is 0.192 e. The molecule has 0 aromatic carbocycles. The molecule has 1 aliphatic rings. The predicted molar refractivity (Wildman–Crippen MR) is 92.5 cm³/mol. The Morgan fingerprint density at radius 2 is 1.91 bits per heavy atom. The molecule has 0 bridgehead atoms. The van der Waals surface area contributed by atoms with Gasteiger partial charge in [0.1, 0.15) is 0 Å². The Balaban J connectivity index is 2.93. The van der Waals surface area contributed by atoms with Gasteiger partial charge in [0.2, 0.25) is 0 Å². The minimum absolute atomic E-state index is 0.0335. The third kappa shape index (κ3) is 5.60. The zero-order valence-electron chi connectivity index (χ0n) is 15.7. The first-order valence-electron chi connectivity index (χ1n) is 8.48. The fourth-order valence-electron chi connectivity index (χ4n) is 2.49. The van der Waals surface area contributed by atoms with Crippen LogP contribution in [0, 0.1) is 5.92 Å². The van der Waals surface area contributed by atoms with Crippen LogP contribution in [0.4, 0.5) is 0 Å². The Labute approximate surface area is 137 Å². The lowest BCUT2D eigenvalue weighted by Gasteiger charge is -2.42. The van der Waals surface area contributed by atoms with Crippen LogP contribution < -0.4 is 0 Å². The highest BCUT2D eigenvalue weighted by atomic mass is 28.4. The van der Waals surface area contributed by atoms with Gasteiger partial charge in [0.25, 0.3) is 0 Å². The third-order valence-corrected chi connectivity index (χ3v) is 9.37. The molecule has 4 nitrogen and oxygen atoms in total. The molecule has 132 valence electrons. The summed E-state index contributed by atoms with van der Waals surface area (Å²) >= 11 is 0. The standard InChI is InChI=1S/C17H36O4Si/c1-13-11-15(20-17(5,6)19-12-13)14(9-10-18)21-22(7,8)16(2,3)4/h13-15,18H,9-12H2,1-8H3/t13-,14+,15+/m1/s1. The van der Waals surface area contributed by atoms with Crippen LogP contribution in [0.1, 0.15) is 54.4 Å². The molecule has 1 aliphatic heterocycles. The van der Waals surface area contributed by atoms with Crippen LogP contribution in [0.25, 0.3) is 0 Å². The topological polar surface area (TPSA) is 47.9 Å². The summed E-state index contributed by atoms with van der Waals surface area (Å²) in [5.74, 6) is -0.170. The van der Waals surface area contributed by atoms with E-state index in [2.05, 4.69) is 40.8 Å². The summed E-state index contributed by atoms with van der Waals surface area (Å²) in [6, 6.07) is 0. The van der Waals surface area contributed by atoms with Gasteiger partial charge < -0.3 is 19.0 Å². The molecule has 0 spiro atoms. The number of hydrogen-bond donors (Lipinski definition) is 1. The summed E-state index contributed by atoms with van der Waals surface area (Å²) in [6.07, 6.45) is 1.41. The van der Waals surface area contributed by atoms with Gasteiger partial charge in [-0.2, -0.15) is 0 Å². The average Bonchev–Trinajstić information content (AvgIpc) is 2.46. The highest BCUT2D eigenvalue weighted by Gasteiger charge is 2.42. The van der Waals surface area contributed by atoms with Crippen LogP contribution in [0.15, 0.2) is 0 Å². The third-order valence-electron chi connectivity index (χ3n) is 4.87. The maximum atomic E-state index is 9.48. The minimum atomic E-state index is -1.91. The number of hydrogen-bond acceptors (Lipinski definition) is 4. The van der Waals surface area contributed by atoms with Gasteiger partial charge in [-0.15, -0.1) is 0 Å². The first kappa shape index (κ1) is 20.1. The van der Waals surface area contributed by atoms with E-state index in [1.807, 2.05) is 13.8 Å². The lowest BCUT2D eigenvalue weighted by atomic mass is 9.99. The Hall–Kier alpha value is 0.0569. The van der Waals surface area contributed by atoms with E-state index in [1.165, 1.54) is 0 Å². The summed E-state index contributed by atoms with van der Waals surface area (Å²) in [7, 11) is -1.91. The van der Waals surface area contributed by atoms with Gasteiger partial charge in [-0.25, -0.2) is 0 Å². The van der Waals surface area contributed by atoms with Crippen molar-refractivity contribution in [3.05, 3.63) is 0 Å². The van der Waals surface area contributed by atoms with E-state index >= 15 is 0 Å². The smallest absolute Gasteiger partial charge is 0.192 e. The van der Waals surface area contributed by atoms with Crippen molar-refractivity contribution < 1.29 is 19.0 Å². The molecule has 1 fully saturated rings. The van der Waals surface area contributed by atoms with Crippen molar-refractivity contribution in [2.24, 2.45) is 5.92 Å². The number of rotatable bonds is 5. The van der Waals surface area contributed by atoms with Gasteiger partial charge in [0.15, 0.2) is 14.1 Å². The summed E-state index contributed by atoms with van der Waals surface area (Å²) in [5.41, 5.74) is 0. The second-order valence-electron chi connectivity index (χ2n) is 8.64. The zero-order chi connectivity index (χ0) is 17.2. The molecule has 5 heteroatoms. The highest BCUT2D eigenvalue weighted by molar-refractivity contribution is 6.74. The molecule has 1 rings (SSSR count). The lowest BCUT2D eigenvalue weighted by molar-refractivity contribution is -0.237. The molecule has 1 N–H and O–H groups in total.